The predicted octanol–water partition coefficient (Wildman–Crippen LogP) is 1.64. The van der Waals surface area contributed by atoms with Crippen molar-refractivity contribution in [2.24, 2.45) is 0 Å². The molecule has 0 aromatic heterocycles. The van der Waals surface area contributed by atoms with E-state index < -0.39 is 11.9 Å². The summed E-state index contributed by atoms with van der Waals surface area (Å²) in [5, 5.41) is 17.7. The van der Waals surface area contributed by atoms with Crippen LogP contribution < -0.4 is 4.74 Å². The maximum atomic E-state index is 13.3. The molecule has 1 aromatic rings. The largest absolute Gasteiger partial charge is 0.493 e. The second-order valence-corrected chi connectivity index (χ2v) is 3.28. The molecule has 1 atom stereocenters. The smallest absolute Gasteiger partial charge is 0.132 e. The van der Waals surface area contributed by atoms with Crippen molar-refractivity contribution in [2.45, 2.75) is 19.4 Å². The van der Waals surface area contributed by atoms with Gasteiger partial charge >= 0.3 is 0 Å². The number of halogens is 1. The van der Waals surface area contributed by atoms with Gasteiger partial charge in [-0.25, -0.2) is 4.39 Å². The fourth-order valence-electron chi connectivity index (χ4n) is 1.19. The van der Waals surface area contributed by atoms with E-state index in [9.17, 15) is 9.50 Å². The Kier molecular flexibility index (Phi) is 4.52. The lowest BCUT2D eigenvalue weighted by Crippen LogP contribution is -2.01. The van der Waals surface area contributed by atoms with Gasteiger partial charge in [-0.05, 0) is 19.1 Å². The second-order valence-electron chi connectivity index (χ2n) is 3.28. The highest BCUT2D eigenvalue weighted by Gasteiger charge is 2.08. The van der Waals surface area contributed by atoms with Crippen molar-refractivity contribution in [1.29, 1.82) is 0 Å². The van der Waals surface area contributed by atoms with Gasteiger partial charge in [-0.15, -0.1) is 0 Å². The molecule has 0 bridgehead atoms. The van der Waals surface area contributed by atoms with E-state index in [1.165, 1.54) is 19.1 Å². The van der Waals surface area contributed by atoms with Crippen molar-refractivity contribution in [2.75, 3.05) is 13.2 Å². The first-order chi connectivity index (χ1) is 7.15. The summed E-state index contributed by atoms with van der Waals surface area (Å²) in [6, 6.07) is 4.33. The summed E-state index contributed by atoms with van der Waals surface area (Å²) in [4.78, 5) is 0. The van der Waals surface area contributed by atoms with Crippen LogP contribution >= 0.6 is 0 Å². The highest BCUT2D eigenvalue weighted by atomic mass is 19.1. The highest BCUT2D eigenvalue weighted by Crippen LogP contribution is 2.21. The van der Waals surface area contributed by atoms with Crippen molar-refractivity contribution in [3.05, 3.63) is 29.6 Å². The average Bonchev–Trinajstić information content (AvgIpc) is 2.17. The van der Waals surface area contributed by atoms with Crippen LogP contribution in [0.5, 0.6) is 5.75 Å². The molecule has 15 heavy (non-hydrogen) atoms. The van der Waals surface area contributed by atoms with Crippen molar-refractivity contribution in [3.63, 3.8) is 0 Å². The molecule has 0 aliphatic heterocycles. The molecule has 0 spiro atoms. The fourth-order valence-corrected chi connectivity index (χ4v) is 1.19. The van der Waals surface area contributed by atoms with E-state index in [2.05, 4.69) is 0 Å². The maximum absolute atomic E-state index is 13.3. The van der Waals surface area contributed by atoms with Crippen LogP contribution in [-0.2, 0) is 0 Å². The molecule has 0 radical (unpaired) electrons. The molecular formula is C11H15FO3. The predicted molar refractivity (Wildman–Crippen MR) is 54.2 cm³/mol. The molecule has 1 aromatic carbocycles. The molecule has 1 rings (SSSR count). The van der Waals surface area contributed by atoms with Gasteiger partial charge in [0.1, 0.15) is 11.6 Å². The van der Waals surface area contributed by atoms with Crippen molar-refractivity contribution < 1.29 is 19.3 Å². The Morgan fingerprint density at radius 3 is 2.73 bits per heavy atom. The van der Waals surface area contributed by atoms with Gasteiger partial charge in [-0.3, -0.25) is 0 Å². The Bertz CT molecular complexity index is 313. The minimum Gasteiger partial charge on any atom is -0.493 e. The van der Waals surface area contributed by atoms with Gasteiger partial charge in [0.25, 0.3) is 0 Å². The SMILES string of the molecule is CC(O)c1ccc(OCCCO)cc1F. The third-order valence-corrected chi connectivity index (χ3v) is 1.99. The Morgan fingerprint density at radius 1 is 1.47 bits per heavy atom. The molecule has 2 N–H and O–H groups in total. The van der Waals surface area contributed by atoms with E-state index >= 15 is 0 Å². The third kappa shape index (κ3) is 3.49. The summed E-state index contributed by atoms with van der Waals surface area (Å²) >= 11 is 0. The molecule has 0 saturated heterocycles. The molecule has 0 fully saturated rings. The van der Waals surface area contributed by atoms with E-state index in [4.69, 9.17) is 9.84 Å². The van der Waals surface area contributed by atoms with Crippen molar-refractivity contribution in [1.82, 2.24) is 0 Å². The molecule has 3 nitrogen and oxygen atoms in total. The zero-order valence-electron chi connectivity index (χ0n) is 8.61. The summed E-state index contributed by atoms with van der Waals surface area (Å²) in [5.74, 6) is -0.0724. The first-order valence-electron chi connectivity index (χ1n) is 4.86. The number of aliphatic hydroxyl groups is 2. The minimum atomic E-state index is -0.823. The zero-order chi connectivity index (χ0) is 11.3. The van der Waals surface area contributed by atoms with Crippen molar-refractivity contribution >= 4 is 0 Å². The molecule has 4 heteroatoms. The molecule has 0 amide bonds. The first kappa shape index (κ1) is 11.9. The quantitative estimate of drug-likeness (QED) is 0.732. The molecule has 0 heterocycles. The third-order valence-electron chi connectivity index (χ3n) is 1.99. The van der Waals surface area contributed by atoms with Crippen LogP contribution in [0.3, 0.4) is 0 Å². The van der Waals surface area contributed by atoms with Crippen LogP contribution in [0.1, 0.15) is 25.0 Å². The van der Waals surface area contributed by atoms with Gasteiger partial charge in [-0.2, -0.15) is 0 Å². The van der Waals surface area contributed by atoms with E-state index in [-0.39, 0.29) is 12.2 Å². The zero-order valence-corrected chi connectivity index (χ0v) is 8.61. The van der Waals surface area contributed by atoms with Gasteiger partial charge in [0, 0.05) is 24.7 Å². The summed E-state index contributed by atoms with van der Waals surface area (Å²) in [7, 11) is 0. The average molecular weight is 214 g/mol. The lowest BCUT2D eigenvalue weighted by atomic mass is 10.1. The number of rotatable bonds is 5. The summed E-state index contributed by atoms with van der Waals surface area (Å²) in [5.41, 5.74) is 0.254. The monoisotopic (exact) mass is 214 g/mol. The number of hydrogen-bond acceptors (Lipinski definition) is 3. The highest BCUT2D eigenvalue weighted by molar-refractivity contribution is 5.29. The van der Waals surface area contributed by atoms with Crippen LogP contribution in [0, 0.1) is 5.82 Å². The molecule has 0 saturated carbocycles. The van der Waals surface area contributed by atoms with Gasteiger partial charge in [0.15, 0.2) is 0 Å². The standard InChI is InChI=1S/C11H15FO3/c1-8(14)10-4-3-9(7-11(10)12)15-6-2-5-13/h3-4,7-8,13-14H,2,5-6H2,1H3. The normalized spacial score (nSPS) is 12.5. The van der Waals surface area contributed by atoms with Crippen LogP contribution in [0.4, 0.5) is 4.39 Å². The molecule has 1 unspecified atom stereocenters. The van der Waals surface area contributed by atoms with Gasteiger partial charge in [0.2, 0.25) is 0 Å². The van der Waals surface area contributed by atoms with Gasteiger partial charge in [-0.1, -0.05) is 0 Å². The van der Waals surface area contributed by atoms with Gasteiger partial charge < -0.3 is 14.9 Å². The topological polar surface area (TPSA) is 49.7 Å². The van der Waals surface area contributed by atoms with E-state index in [0.717, 1.165) is 0 Å². The number of aliphatic hydroxyl groups excluding tert-OH is 2. The summed E-state index contributed by atoms with van der Waals surface area (Å²) in [6.07, 6.45) is -0.309. The van der Waals surface area contributed by atoms with E-state index in [1.54, 1.807) is 6.07 Å². The maximum Gasteiger partial charge on any atom is 0.132 e. The van der Waals surface area contributed by atoms with Crippen LogP contribution in [0.2, 0.25) is 0 Å². The molecule has 0 aliphatic carbocycles. The van der Waals surface area contributed by atoms with Crippen LogP contribution in [-0.4, -0.2) is 23.4 Å². The molecular weight excluding hydrogens is 199 g/mol. The van der Waals surface area contributed by atoms with Crippen molar-refractivity contribution in [3.8, 4) is 5.75 Å². The summed E-state index contributed by atoms with van der Waals surface area (Å²) < 4.78 is 18.5. The molecule has 0 aliphatic rings. The van der Waals surface area contributed by atoms with Gasteiger partial charge in [0.05, 0.1) is 12.7 Å². The minimum absolute atomic E-state index is 0.0498. The van der Waals surface area contributed by atoms with Crippen LogP contribution in [0.15, 0.2) is 18.2 Å². The lowest BCUT2D eigenvalue weighted by Gasteiger charge is -2.09. The van der Waals surface area contributed by atoms with Crippen LogP contribution in [0.25, 0.3) is 0 Å². The summed E-state index contributed by atoms with van der Waals surface area (Å²) in [6.45, 7) is 1.91. The first-order valence-corrected chi connectivity index (χ1v) is 4.86. The fraction of sp³-hybridized carbons (Fsp3) is 0.455. The Morgan fingerprint density at radius 2 is 2.20 bits per heavy atom. The second kappa shape index (κ2) is 5.68. The number of benzene rings is 1. The van der Waals surface area contributed by atoms with E-state index in [0.29, 0.717) is 18.8 Å². The Balaban J connectivity index is 2.65. The Labute approximate surface area is 88.1 Å². The van der Waals surface area contributed by atoms with E-state index in [1.807, 2.05) is 0 Å². The number of hydrogen-bond donors (Lipinski definition) is 2. The number of ether oxygens (including phenoxy) is 1. The molecule has 84 valence electrons. The Hall–Kier alpha value is -1.13. The lowest BCUT2D eigenvalue weighted by molar-refractivity contribution is 0.193.